The van der Waals surface area contributed by atoms with Gasteiger partial charge in [-0.2, -0.15) is 0 Å². The zero-order valence-corrected chi connectivity index (χ0v) is 16.4. The highest BCUT2D eigenvalue weighted by Crippen LogP contribution is 2.30. The maximum atomic E-state index is 13.1. The summed E-state index contributed by atoms with van der Waals surface area (Å²) in [5, 5.41) is 0. The first-order chi connectivity index (χ1) is 14.2. The Balaban J connectivity index is 1.37. The molecule has 1 fully saturated rings. The van der Waals surface area contributed by atoms with Crippen LogP contribution in [-0.2, 0) is 6.54 Å². The molecule has 0 aliphatic carbocycles. The summed E-state index contributed by atoms with van der Waals surface area (Å²) >= 11 is 0. The third-order valence-electron chi connectivity index (χ3n) is 5.71. The minimum absolute atomic E-state index is 0.184. The Morgan fingerprint density at radius 2 is 1.76 bits per heavy atom. The minimum atomic E-state index is -0.184. The van der Waals surface area contributed by atoms with Crippen LogP contribution in [0.1, 0.15) is 5.56 Å². The van der Waals surface area contributed by atoms with Crippen molar-refractivity contribution in [3.05, 3.63) is 72.3 Å². The molecule has 6 heteroatoms. The number of hydrogen-bond acceptors (Lipinski definition) is 4. The van der Waals surface area contributed by atoms with Crippen molar-refractivity contribution in [1.29, 1.82) is 0 Å². The lowest BCUT2D eigenvalue weighted by molar-refractivity contribution is 0.250. The molecule has 0 bridgehead atoms. The number of nitrogens with zero attached hydrogens (tertiary/aromatic N) is 4. The molecule has 148 valence electrons. The molecule has 2 aromatic heterocycles. The van der Waals surface area contributed by atoms with Crippen molar-refractivity contribution < 1.29 is 9.13 Å². The van der Waals surface area contributed by atoms with Crippen LogP contribution in [0.4, 0.5) is 10.1 Å². The molecule has 1 aliphatic rings. The fraction of sp³-hybridized carbons (Fsp3) is 0.261. The molecule has 1 aliphatic heterocycles. The van der Waals surface area contributed by atoms with Crippen molar-refractivity contribution in [2.45, 2.75) is 6.54 Å². The van der Waals surface area contributed by atoms with Gasteiger partial charge in [0, 0.05) is 38.9 Å². The number of hydrogen-bond donors (Lipinski definition) is 0. The zero-order valence-electron chi connectivity index (χ0n) is 16.4. The van der Waals surface area contributed by atoms with Crippen molar-refractivity contribution in [3.8, 4) is 5.75 Å². The van der Waals surface area contributed by atoms with E-state index in [9.17, 15) is 4.39 Å². The maximum Gasteiger partial charge on any atom is 0.145 e. The summed E-state index contributed by atoms with van der Waals surface area (Å²) in [4.78, 5) is 9.59. The Labute approximate surface area is 168 Å². The lowest BCUT2D eigenvalue weighted by atomic mass is 10.1. The number of aromatic nitrogens is 2. The summed E-state index contributed by atoms with van der Waals surface area (Å²) in [6.45, 7) is 4.66. The molecule has 0 amide bonds. The van der Waals surface area contributed by atoms with E-state index in [1.54, 1.807) is 7.11 Å². The number of rotatable bonds is 4. The lowest BCUT2D eigenvalue weighted by Gasteiger charge is -2.36. The van der Waals surface area contributed by atoms with E-state index >= 15 is 0 Å². The summed E-state index contributed by atoms with van der Waals surface area (Å²) in [6.07, 6.45) is 3.91. The highest BCUT2D eigenvalue weighted by Gasteiger charge is 2.20. The molecule has 0 saturated carbocycles. The van der Waals surface area contributed by atoms with E-state index < -0.39 is 0 Å². The van der Waals surface area contributed by atoms with Gasteiger partial charge in [0.2, 0.25) is 0 Å². The molecule has 1 saturated heterocycles. The Morgan fingerprint density at radius 3 is 2.52 bits per heavy atom. The topological polar surface area (TPSA) is 33.0 Å². The molecule has 2 aromatic carbocycles. The van der Waals surface area contributed by atoms with Gasteiger partial charge in [0.25, 0.3) is 0 Å². The van der Waals surface area contributed by atoms with Gasteiger partial charge < -0.3 is 14.0 Å². The maximum absolute atomic E-state index is 13.1. The van der Waals surface area contributed by atoms with Gasteiger partial charge in [-0.05, 0) is 35.9 Å². The van der Waals surface area contributed by atoms with Gasteiger partial charge >= 0.3 is 0 Å². The van der Waals surface area contributed by atoms with Crippen LogP contribution < -0.4 is 9.64 Å². The van der Waals surface area contributed by atoms with Crippen LogP contribution in [0.2, 0.25) is 0 Å². The van der Waals surface area contributed by atoms with Crippen LogP contribution in [0, 0.1) is 5.82 Å². The van der Waals surface area contributed by atoms with Crippen molar-refractivity contribution in [2.24, 2.45) is 0 Å². The summed E-state index contributed by atoms with van der Waals surface area (Å²) < 4.78 is 20.7. The quantitative estimate of drug-likeness (QED) is 0.528. The number of methoxy groups -OCH3 is 1. The van der Waals surface area contributed by atoms with Crippen molar-refractivity contribution in [3.63, 3.8) is 0 Å². The first kappa shape index (κ1) is 17.9. The SMILES string of the molecule is COc1ccn2c1cnc1c(N3CCN(Cc4ccc(F)cc4)CC3)cccc12. The summed E-state index contributed by atoms with van der Waals surface area (Å²) in [5.41, 5.74) is 5.37. The smallest absolute Gasteiger partial charge is 0.145 e. The molecule has 0 radical (unpaired) electrons. The van der Waals surface area contributed by atoms with E-state index in [4.69, 9.17) is 9.72 Å². The summed E-state index contributed by atoms with van der Waals surface area (Å²) in [6, 6.07) is 15.1. The van der Waals surface area contributed by atoms with Gasteiger partial charge in [0.15, 0.2) is 0 Å². The summed E-state index contributed by atoms with van der Waals surface area (Å²) in [7, 11) is 1.68. The Hall–Kier alpha value is -3.12. The third-order valence-corrected chi connectivity index (χ3v) is 5.71. The van der Waals surface area contributed by atoms with Crippen LogP contribution in [0.25, 0.3) is 16.6 Å². The molecule has 0 spiro atoms. The van der Waals surface area contributed by atoms with Gasteiger partial charge in [-0.1, -0.05) is 18.2 Å². The number of anilines is 1. The average molecular weight is 390 g/mol. The second kappa shape index (κ2) is 7.37. The summed E-state index contributed by atoms with van der Waals surface area (Å²) in [5.74, 6) is 0.649. The van der Waals surface area contributed by atoms with Crippen LogP contribution in [-0.4, -0.2) is 47.6 Å². The molecule has 5 rings (SSSR count). The second-order valence-corrected chi connectivity index (χ2v) is 7.43. The first-order valence-corrected chi connectivity index (χ1v) is 9.87. The van der Waals surface area contributed by atoms with Gasteiger partial charge in [0.05, 0.1) is 24.5 Å². The molecule has 0 N–H and O–H groups in total. The van der Waals surface area contributed by atoms with Crippen LogP contribution >= 0.6 is 0 Å². The Kier molecular flexibility index (Phi) is 4.56. The molecule has 0 unspecified atom stereocenters. The normalized spacial score (nSPS) is 15.3. The zero-order chi connectivity index (χ0) is 19.8. The van der Waals surface area contributed by atoms with Gasteiger partial charge in [-0.15, -0.1) is 0 Å². The lowest BCUT2D eigenvalue weighted by Crippen LogP contribution is -2.46. The predicted octanol–water partition coefficient (Wildman–Crippen LogP) is 3.96. The number of para-hydroxylation sites is 1. The Morgan fingerprint density at radius 1 is 0.966 bits per heavy atom. The van der Waals surface area contributed by atoms with Crippen LogP contribution in [0.5, 0.6) is 5.75 Å². The Bertz CT molecular complexity index is 1150. The number of benzene rings is 2. The molecule has 5 nitrogen and oxygen atoms in total. The number of halogens is 1. The van der Waals surface area contributed by atoms with Crippen LogP contribution in [0.3, 0.4) is 0 Å². The van der Waals surface area contributed by atoms with E-state index in [0.29, 0.717) is 0 Å². The molecule has 3 heterocycles. The first-order valence-electron chi connectivity index (χ1n) is 9.87. The highest BCUT2D eigenvalue weighted by molar-refractivity contribution is 5.91. The standard InChI is InChI=1S/C23H23FN4O/c1-29-22-9-10-28-20-4-2-3-19(23(20)25-15-21(22)28)27-13-11-26(12-14-27)16-17-5-7-18(24)8-6-17/h2-10,15H,11-14,16H2,1H3. The highest BCUT2D eigenvalue weighted by atomic mass is 19.1. The molecule has 0 atom stereocenters. The number of piperazine rings is 1. The number of ether oxygens (including phenoxy) is 1. The van der Waals surface area contributed by atoms with Crippen molar-refractivity contribution >= 4 is 22.2 Å². The predicted molar refractivity (Wildman–Crippen MR) is 113 cm³/mol. The van der Waals surface area contributed by atoms with E-state index in [1.807, 2.05) is 30.6 Å². The minimum Gasteiger partial charge on any atom is -0.494 e. The largest absolute Gasteiger partial charge is 0.494 e. The van der Waals surface area contributed by atoms with Crippen molar-refractivity contribution in [1.82, 2.24) is 14.3 Å². The average Bonchev–Trinajstić information content (AvgIpc) is 3.19. The van der Waals surface area contributed by atoms with Crippen molar-refractivity contribution in [2.75, 3.05) is 38.2 Å². The van der Waals surface area contributed by atoms with Gasteiger partial charge in [-0.25, -0.2) is 4.39 Å². The van der Waals surface area contributed by atoms with E-state index in [1.165, 1.54) is 17.8 Å². The molecule has 29 heavy (non-hydrogen) atoms. The molecular weight excluding hydrogens is 367 g/mol. The van der Waals surface area contributed by atoms with Gasteiger partial charge in [-0.3, -0.25) is 9.88 Å². The van der Waals surface area contributed by atoms with Gasteiger partial charge in [0.1, 0.15) is 22.6 Å². The van der Waals surface area contributed by atoms with E-state index in [-0.39, 0.29) is 5.82 Å². The monoisotopic (exact) mass is 390 g/mol. The second-order valence-electron chi connectivity index (χ2n) is 7.43. The van der Waals surface area contributed by atoms with E-state index in [0.717, 1.165) is 60.6 Å². The fourth-order valence-corrected chi connectivity index (χ4v) is 4.16. The number of fused-ring (bicyclic) bond motifs is 3. The van der Waals surface area contributed by atoms with Crippen LogP contribution in [0.15, 0.2) is 60.9 Å². The molecular formula is C23H23FN4O. The molecule has 4 aromatic rings. The van der Waals surface area contributed by atoms with E-state index in [2.05, 4.69) is 32.4 Å². The fourth-order valence-electron chi connectivity index (χ4n) is 4.16. The third kappa shape index (κ3) is 3.29.